The summed E-state index contributed by atoms with van der Waals surface area (Å²) in [6, 6.07) is -0.00935. The van der Waals surface area contributed by atoms with Gasteiger partial charge in [-0.3, -0.25) is 0 Å². The minimum atomic E-state index is -0.00935. The van der Waals surface area contributed by atoms with Crippen LogP contribution < -0.4 is 11.5 Å². The van der Waals surface area contributed by atoms with Gasteiger partial charge < -0.3 is 20.9 Å². The summed E-state index contributed by atoms with van der Waals surface area (Å²) in [5.74, 6) is 0. The highest BCUT2D eigenvalue weighted by molar-refractivity contribution is 4.80. The van der Waals surface area contributed by atoms with Crippen molar-refractivity contribution in [3.05, 3.63) is 0 Å². The van der Waals surface area contributed by atoms with Crippen LogP contribution >= 0.6 is 0 Å². The van der Waals surface area contributed by atoms with E-state index in [9.17, 15) is 0 Å². The Morgan fingerprint density at radius 1 is 0.812 bits per heavy atom. The molecule has 4 heteroatoms. The van der Waals surface area contributed by atoms with E-state index < -0.39 is 0 Å². The van der Waals surface area contributed by atoms with Gasteiger partial charge in [0.1, 0.15) is 0 Å². The molecule has 0 spiro atoms. The minimum absolute atomic E-state index is 0.00935. The predicted molar refractivity (Wildman–Crippen MR) is 69.5 cm³/mol. The first-order valence-electron chi connectivity index (χ1n) is 6.27. The van der Waals surface area contributed by atoms with E-state index in [1.165, 1.54) is 7.05 Å². The van der Waals surface area contributed by atoms with Crippen molar-refractivity contribution in [3.63, 3.8) is 0 Å². The molecule has 100 valence electrons. The Morgan fingerprint density at radius 2 is 1.12 bits per heavy atom. The van der Waals surface area contributed by atoms with E-state index in [1.54, 1.807) is 0 Å². The van der Waals surface area contributed by atoms with E-state index in [0.29, 0.717) is 0 Å². The lowest BCUT2D eigenvalue weighted by atomic mass is 10.0. The molecule has 0 aromatic carbocycles. The zero-order valence-corrected chi connectivity index (χ0v) is 11.5. The van der Waals surface area contributed by atoms with Gasteiger partial charge in [0.15, 0.2) is 0 Å². The summed E-state index contributed by atoms with van der Waals surface area (Å²) in [6.07, 6.45) is 2.13. The third-order valence-electron chi connectivity index (χ3n) is 2.42. The van der Waals surface area contributed by atoms with Gasteiger partial charge in [-0.1, -0.05) is 13.8 Å². The van der Waals surface area contributed by atoms with Crippen LogP contribution in [0.15, 0.2) is 0 Å². The molecule has 2 atom stereocenters. The summed E-state index contributed by atoms with van der Waals surface area (Å²) in [5, 5.41) is 0. The van der Waals surface area contributed by atoms with Crippen LogP contribution in [-0.2, 0) is 9.47 Å². The number of nitrogens with two attached hydrogens (primary N) is 2. The van der Waals surface area contributed by atoms with E-state index in [4.69, 9.17) is 15.2 Å². The van der Waals surface area contributed by atoms with Crippen LogP contribution in [0.5, 0.6) is 0 Å². The lowest BCUT2D eigenvalue weighted by Gasteiger charge is -2.29. The molecule has 0 aliphatic carbocycles. The first kappa shape index (κ1) is 18.2. The molecular weight excluding hydrogens is 204 g/mol. The Kier molecular flexibility index (Phi) is 14.7. The van der Waals surface area contributed by atoms with Crippen LogP contribution in [0.2, 0.25) is 0 Å². The summed E-state index contributed by atoms with van der Waals surface area (Å²) in [6.45, 7) is 9.62. The minimum Gasteiger partial charge on any atom is -0.377 e. The summed E-state index contributed by atoms with van der Waals surface area (Å²) in [5.41, 5.74) is 10.6. The molecule has 0 amide bonds. The average molecular weight is 234 g/mol. The molecule has 0 aromatic rings. The van der Waals surface area contributed by atoms with E-state index in [-0.39, 0.29) is 18.2 Å². The molecular formula is C12H30N2O2. The fourth-order valence-corrected chi connectivity index (χ4v) is 1.67. The van der Waals surface area contributed by atoms with Gasteiger partial charge in [-0.2, -0.15) is 0 Å². The summed E-state index contributed by atoms with van der Waals surface area (Å²) in [7, 11) is 1.50. The van der Waals surface area contributed by atoms with Crippen molar-refractivity contribution in [2.45, 2.75) is 58.8 Å². The lowest BCUT2D eigenvalue weighted by molar-refractivity contribution is -0.0297. The van der Waals surface area contributed by atoms with E-state index in [1.807, 2.05) is 13.8 Å². The second kappa shape index (κ2) is 12.9. The van der Waals surface area contributed by atoms with Gasteiger partial charge in [0, 0.05) is 13.2 Å². The second-order valence-electron chi connectivity index (χ2n) is 3.38. The fourth-order valence-electron chi connectivity index (χ4n) is 1.67. The molecule has 0 aliphatic heterocycles. The van der Waals surface area contributed by atoms with Gasteiger partial charge in [-0.25, -0.2) is 0 Å². The summed E-state index contributed by atoms with van der Waals surface area (Å²) < 4.78 is 11.2. The monoisotopic (exact) mass is 234 g/mol. The van der Waals surface area contributed by atoms with Crippen molar-refractivity contribution >= 4 is 0 Å². The van der Waals surface area contributed by atoms with Gasteiger partial charge in [0.2, 0.25) is 0 Å². The maximum atomic E-state index is 6.11. The van der Waals surface area contributed by atoms with E-state index in [2.05, 4.69) is 19.6 Å². The first-order chi connectivity index (χ1) is 7.71. The average Bonchev–Trinajstić information content (AvgIpc) is 2.34. The number of hydrogen-bond acceptors (Lipinski definition) is 4. The van der Waals surface area contributed by atoms with E-state index in [0.717, 1.165) is 26.1 Å². The van der Waals surface area contributed by atoms with Crippen molar-refractivity contribution in [1.82, 2.24) is 0 Å². The Balaban J connectivity index is 0. The molecule has 4 N–H and O–H groups in total. The Hall–Kier alpha value is -0.160. The van der Waals surface area contributed by atoms with Crippen molar-refractivity contribution in [2.75, 3.05) is 20.3 Å². The molecule has 0 saturated heterocycles. The topological polar surface area (TPSA) is 70.5 Å². The predicted octanol–water partition coefficient (Wildman–Crippen LogP) is 1.52. The number of ether oxygens (including phenoxy) is 2. The number of hydrogen-bond donors (Lipinski definition) is 2. The Morgan fingerprint density at radius 3 is 1.31 bits per heavy atom. The van der Waals surface area contributed by atoms with Crippen molar-refractivity contribution in [1.29, 1.82) is 0 Å². The highest BCUT2D eigenvalue weighted by Crippen LogP contribution is 2.11. The highest BCUT2D eigenvalue weighted by Gasteiger charge is 2.24. The Bertz CT molecular complexity index is 120. The smallest absolute Gasteiger partial charge is 0.0748 e. The maximum Gasteiger partial charge on any atom is 0.0748 e. The molecule has 0 rings (SSSR count). The molecule has 0 bridgehead atoms. The molecule has 0 fully saturated rings. The third-order valence-corrected chi connectivity index (χ3v) is 2.42. The molecule has 4 nitrogen and oxygen atoms in total. The normalized spacial score (nSPS) is 15.9. The molecule has 0 aromatic heterocycles. The molecule has 0 heterocycles. The van der Waals surface area contributed by atoms with Crippen LogP contribution in [0.3, 0.4) is 0 Å². The molecule has 2 unspecified atom stereocenters. The van der Waals surface area contributed by atoms with Crippen LogP contribution in [0, 0.1) is 0 Å². The molecule has 0 aliphatic rings. The van der Waals surface area contributed by atoms with Gasteiger partial charge in [-0.05, 0) is 33.7 Å². The fraction of sp³-hybridized carbons (Fsp3) is 1.00. The van der Waals surface area contributed by atoms with Crippen LogP contribution in [0.1, 0.15) is 40.5 Å². The van der Waals surface area contributed by atoms with Crippen molar-refractivity contribution in [2.24, 2.45) is 11.5 Å². The largest absolute Gasteiger partial charge is 0.377 e. The van der Waals surface area contributed by atoms with Gasteiger partial charge >= 0.3 is 0 Å². The molecule has 16 heavy (non-hydrogen) atoms. The molecule has 0 saturated carbocycles. The first-order valence-corrected chi connectivity index (χ1v) is 6.27. The number of rotatable bonds is 8. The SMILES string of the molecule is CCOC(CC)C(N)C(CC)OCC.CN. The highest BCUT2D eigenvalue weighted by atomic mass is 16.5. The van der Waals surface area contributed by atoms with Crippen LogP contribution in [0.4, 0.5) is 0 Å². The van der Waals surface area contributed by atoms with Gasteiger partial charge in [0.05, 0.1) is 18.2 Å². The quantitative estimate of drug-likeness (QED) is 0.668. The summed E-state index contributed by atoms with van der Waals surface area (Å²) >= 11 is 0. The maximum absolute atomic E-state index is 6.11. The van der Waals surface area contributed by atoms with Crippen molar-refractivity contribution in [3.8, 4) is 0 Å². The summed E-state index contributed by atoms with van der Waals surface area (Å²) in [4.78, 5) is 0. The van der Waals surface area contributed by atoms with Gasteiger partial charge in [-0.15, -0.1) is 0 Å². The van der Waals surface area contributed by atoms with Crippen molar-refractivity contribution < 1.29 is 9.47 Å². The third kappa shape index (κ3) is 7.17. The zero-order valence-electron chi connectivity index (χ0n) is 11.5. The standard InChI is InChI=1S/C11H25NO2.CH5N/c1-5-9(13-7-3)11(12)10(6-2)14-8-4;1-2/h9-11H,5-8,12H2,1-4H3;2H2,1H3. The zero-order chi connectivity index (χ0) is 13.0. The second-order valence-corrected chi connectivity index (χ2v) is 3.38. The van der Waals surface area contributed by atoms with Crippen LogP contribution in [-0.4, -0.2) is 38.5 Å². The van der Waals surface area contributed by atoms with Gasteiger partial charge in [0.25, 0.3) is 0 Å². The lowest BCUT2D eigenvalue weighted by Crippen LogP contribution is -2.46. The Labute approximate surface area is 101 Å². The van der Waals surface area contributed by atoms with Crippen LogP contribution in [0.25, 0.3) is 0 Å². The molecule has 0 radical (unpaired) electrons. The van der Waals surface area contributed by atoms with E-state index >= 15 is 0 Å².